The fourth-order valence-corrected chi connectivity index (χ4v) is 3.00. The minimum Gasteiger partial charge on any atom is -0.481 e. The number of hydrogen-bond acceptors (Lipinski definition) is 2. The van der Waals surface area contributed by atoms with Crippen molar-refractivity contribution in [2.45, 2.75) is 64.3 Å². The second-order valence-corrected chi connectivity index (χ2v) is 4.95. The van der Waals surface area contributed by atoms with E-state index in [9.17, 15) is 4.79 Å². The summed E-state index contributed by atoms with van der Waals surface area (Å²) in [7, 11) is 0. The summed E-state index contributed by atoms with van der Waals surface area (Å²) in [5.74, 6) is -0.652. The third-order valence-corrected chi connectivity index (χ3v) is 3.88. The van der Waals surface area contributed by atoms with Gasteiger partial charge < -0.3 is 5.11 Å². The third-order valence-electron chi connectivity index (χ3n) is 3.88. The number of likely N-dealkylation sites (tertiary alicyclic amines) is 1. The second kappa shape index (κ2) is 6.24. The quantitative estimate of drug-likeness (QED) is 0.758. The maximum Gasteiger partial charge on any atom is 0.305 e. The molecule has 1 atom stereocenters. The fraction of sp³-hybridized carbons (Fsp3) is 0.923. The molecule has 1 N–H and O–H groups in total. The van der Waals surface area contributed by atoms with Gasteiger partial charge in [0.15, 0.2) is 0 Å². The molecule has 0 aromatic heterocycles. The normalized spacial score (nSPS) is 21.6. The van der Waals surface area contributed by atoms with Crippen molar-refractivity contribution < 1.29 is 9.90 Å². The van der Waals surface area contributed by atoms with Gasteiger partial charge in [-0.05, 0) is 38.8 Å². The molecule has 0 aromatic rings. The van der Waals surface area contributed by atoms with E-state index in [1.807, 2.05) is 0 Å². The SMILES string of the molecule is CCCC(CC)(CC(=O)O)N1CCCCC1. The van der Waals surface area contributed by atoms with E-state index in [1.54, 1.807) is 0 Å². The Morgan fingerprint density at radius 1 is 1.25 bits per heavy atom. The number of carbonyl (C=O) groups is 1. The Labute approximate surface area is 98.8 Å². The highest BCUT2D eigenvalue weighted by molar-refractivity contribution is 5.68. The van der Waals surface area contributed by atoms with Gasteiger partial charge in [0.1, 0.15) is 0 Å². The van der Waals surface area contributed by atoms with Crippen LogP contribution in [0.3, 0.4) is 0 Å². The van der Waals surface area contributed by atoms with Crippen LogP contribution in [0.5, 0.6) is 0 Å². The zero-order valence-corrected chi connectivity index (χ0v) is 10.7. The average Bonchev–Trinajstić information content (AvgIpc) is 2.29. The van der Waals surface area contributed by atoms with Gasteiger partial charge in [-0.1, -0.05) is 26.7 Å². The van der Waals surface area contributed by atoms with Crippen molar-refractivity contribution in [3.8, 4) is 0 Å². The molecular weight excluding hydrogens is 202 g/mol. The van der Waals surface area contributed by atoms with Gasteiger partial charge in [0.25, 0.3) is 0 Å². The van der Waals surface area contributed by atoms with E-state index < -0.39 is 5.97 Å². The zero-order chi connectivity index (χ0) is 12.0. The van der Waals surface area contributed by atoms with Gasteiger partial charge >= 0.3 is 5.97 Å². The van der Waals surface area contributed by atoms with E-state index in [2.05, 4.69) is 18.7 Å². The van der Waals surface area contributed by atoms with Gasteiger partial charge in [-0.3, -0.25) is 9.69 Å². The lowest BCUT2D eigenvalue weighted by atomic mass is 9.83. The molecule has 16 heavy (non-hydrogen) atoms. The van der Waals surface area contributed by atoms with Crippen LogP contribution in [-0.2, 0) is 4.79 Å². The van der Waals surface area contributed by atoms with Crippen LogP contribution >= 0.6 is 0 Å². The molecule has 0 aromatic carbocycles. The van der Waals surface area contributed by atoms with Gasteiger partial charge in [0.2, 0.25) is 0 Å². The van der Waals surface area contributed by atoms with Crippen LogP contribution in [0, 0.1) is 0 Å². The van der Waals surface area contributed by atoms with E-state index in [0.717, 1.165) is 32.4 Å². The number of nitrogens with zero attached hydrogens (tertiary/aromatic N) is 1. The standard InChI is InChI=1S/C13H25NO2/c1-3-8-13(4-2,11-12(15)16)14-9-6-5-7-10-14/h3-11H2,1-2H3,(H,15,16). The molecule has 94 valence electrons. The summed E-state index contributed by atoms with van der Waals surface area (Å²) in [5.41, 5.74) is -0.0823. The Bertz CT molecular complexity index is 224. The highest BCUT2D eigenvalue weighted by Gasteiger charge is 2.36. The number of aliphatic carboxylic acids is 1. The molecule has 0 amide bonds. The van der Waals surface area contributed by atoms with Crippen molar-refractivity contribution in [3.05, 3.63) is 0 Å². The van der Waals surface area contributed by atoms with Gasteiger partial charge in [0, 0.05) is 5.54 Å². The van der Waals surface area contributed by atoms with Crippen LogP contribution in [0.25, 0.3) is 0 Å². The van der Waals surface area contributed by atoms with Crippen molar-refractivity contribution in [3.63, 3.8) is 0 Å². The largest absolute Gasteiger partial charge is 0.481 e. The van der Waals surface area contributed by atoms with Crippen LogP contribution in [0.2, 0.25) is 0 Å². The summed E-state index contributed by atoms with van der Waals surface area (Å²) in [6, 6.07) is 0. The molecule has 3 nitrogen and oxygen atoms in total. The molecule has 1 rings (SSSR count). The lowest BCUT2D eigenvalue weighted by molar-refractivity contribution is -0.141. The number of carboxylic acids is 1. The Hall–Kier alpha value is -0.570. The Balaban J connectivity index is 2.76. The average molecular weight is 227 g/mol. The van der Waals surface area contributed by atoms with Crippen LogP contribution in [0.4, 0.5) is 0 Å². The van der Waals surface area contributed by atoms with E-state index in [4.69, 9.17) is 5.11 Å². The molecule has 1 unspecified atom stereocenters. The first-order valence-corrected chi connectivity index (χ1v) is 6.61. The first-order chi connectivity index (χ1) is 7.64. The third kappa shape index (κ3) is 3.21. The molecular formula is C13H25NO2. The highest BCUT2D eigenvalue weighted by Crippen LogP contribution is 2.32. The summed E-state index contributed by atoms with van der Waals surface area (Å²) in [4.78, 5) is 13.5. The van der Waals surface area contributed by atoms with Crippen LogP contribution in [0.15, 0.2) is 0 Å². The molecule has 1 saturated heterocycles. The number of carboxylic acid groups (broad SMARTS) is 1. The Morgan fingerprint density at radius 3 is 2.31 bits per heavy atom. The molecule has 1 aliphatic heterocycles. The molecule has 0 radical (unpaired) electrons. The Kier molecular flexibility index (Phi) is 5.26. The number of hydrogen-bond donors (Lipinski definition) is 1. The van der Waals surface area contributed by atoms with Gasteiger partial charge in [-0.25, -0.2) is 0 Å². The minimum atomic E-state index is -0.652. The van der Waals surface area contributed by atoms with Crippen molar-refractivity contribution >= 4 is 5.97 Å². The maximum atomic E-state index is 11.1. The maximum absolute atomic E-state index is 11.1. The van der Waals surface area contributed by atoms with E-state index in [0.29, 0.717) is 6.42 Å². The summed E-state index contributed by atoms with van der Waals surface area (Å²) in [6.45, 7) is 6.45. The van der Waals surface area contributed by atoms with Crippen molar-refractivity contribution in [1.82, 2.24) is 4.90 Å². The van der Waals surface area contributed by atoms with E-state index >= 15 is 0 Å². The van der Waals surface area contributed by atoms with Gasteiger partial charge in [-0.2, -0.15) is 0 Å². The lowest BCUT2D eigenvalue weighted by Crippen LogP contribution is -2.51. The monoisotopic (exact) mass is 227 g/mol. The summed E-state index contributed by atoms with van der Waals surface area (Å²) < 4.78 is 0. The summed E-state index contributed by atoms with van der Waals surface area (Å²) in [5, 5.41) is 9.11. The predicted octanol–water partition coefficient (Wildman–Crippen LogP) is 2.90. The van der Waals surface area contributed by atoms with Gasteiger partial charge in [0.05, 0.1) is 6.42 Å². The Morgan fingerprint density at radius 2 is 1.88 bits per heavy atom. The van der Waals surface area contributed by atoms with Crippen molar-refractivity contribution in [1.29, 1.82) is 0 Å². The van der Waals surface area contributed by atoms with Crippen LogP contribution in [-0.4, -0.2) is 34.6 Å². The molecule has 0 saturated carbocycles. The van der Waals surface area contributed by atoms with E-state index in [-0.39, 0.29) is 5.54 Å². The number of rotatable bonds is 6. The predicted molar refractivity (Wildman–Crippen MR) is 65.6 cm³/mol. The zero-order valence-electron chi connectivity index (χ0n) is 10.7. The lowest BCUT2D eigenvalue weighted by Gasteiger charge is -2.45. The number of piperidine rings is 1. The molecule has 1 fully saturated rings. The molecule has 3 heteroatoms. The molecule has 1 heterocycles. The smallest absolute Gasteiger partial charge is 0.305 e. The van der Waals surface area contributed by atoms with Crippen LogP contribution in [0.1, 0.15) is 58.8 Å². The highest BCUT2D eigenvalue weighted by atomic mass is 16.4. The summed E-state index contributed by atoms with van der Waals surface area (Å²) in [6.07, 6.45) is 7.09. The molecule has 0 bridgehead atoms. The van der Waals surface area contributed by atoms with E-state index in [1.165, 1.54) is 19.3 Å². The molecule has 0 aliphatic carbocycles. The molecule has 1 aliphatic rings. The topological polar surface area (TPSA) is 40.5 Å². The van der Waals surface area contributed by atoms with Crippen molar-refractivity contribution in [2.75, 3.05) is 13.1 Å². The second-order valence-electron chi connectivity index (χ2n) is 4.95. The van der Waals surface area contributed by atoms with Gasteiger partial charge in [-0.15, -0.1) is 0 Å². The molecule has 0 spiro atoms. The first kappa shape index (κ1) is 13.5. The minimum absolute atomic E-state index is 0.0823. The summed E-state index contributed by atoms with van der Waals surface area (Å²) >= 11 is 0. The van der Waals surface area contributed by atoms with Crippen LogP contribution < -0.4 is 0 Å². The van der Waals surface area contributed by atoms with Crippen molar-refractivity contribution in [2.24, 2.45) is 0 Å². The fourth-order valence-electron chi connectivity index (χ4n) is 3.00. The first-order valence-electron chi connectivity index (χ1n) is 6.61.